The average Bonchev–Trinajstić information content (AvgIpc) is 2.17. The fraction of sp³-hybridized carbons (Fsp3) is 0.455. The average molecular weight is 339 g/mol. The minimum absolute atomic E-state index is 0.0181. The molecule has 4 heteroatoms. The van der Waals surface area contributed by atoms with Crippen LogP contribution in [0.25, 0.3) is 0 Å². The molecular weight excluding hydrogens is 326 g/mol. The molecule has 1 saturated carbocycles. The molecule has 1 aromatic rings. The maximum atomic E-state index is 6.00. The first-order valence-corrected chi connectivity index (χ1v) is 6.31. The Morgan fingerprint density at radius 2 is 2.27 bits per heavy atom. The van der Waals surface area contributed by atoms with Crippen LogP contribution < -0.4 is 4.74 Å². The van der Waals surface area contributed by atoms with Gasteiger partial charge < -0.3 is 9.47 Å². The van der Waals surface area contributed by atoms with Gasteiger partial charge in [0.2, 0.25) is 0 Å². The molecule has 15 heavy (non-hydrogen) atoms. The van der Waals surface area contributed by atoms with Crippen molar-refractivity contribution < 1.29 is 9.47 Å². The fourth-order valence-electron chi connectivity index (χ4n) is 1.66. The second kappa shape index (κ2) is 4.89. The lowest BCUT2D eigenvalue weighted by Crippen LogP contribution is -2.52. The molecule has 3 unspecified atom stereocenters. The highest BCUT2D eigenvalue weighted by Crippen LogP contribution is 2.32. The molecule has 0 saturated heterocycles. The van der Waals surface area contributed by atoms with Crippen LogP contribution in [0.5, 0.6) is 5.75 Å². The molecule has 2 rings (SSSR count). The molecule has 0 heterocycles. The van der Waals surface area contributed by atoms with Crippen molar-refractivity contribution in [3.8, 4) is 5.75 Å². The van der Waals surface area contributed by atoms with Crippen molar-refractivity contribution in [3.05, 3.63) is 27.8 Å². The summed E-state index contributed by atoms with van der Waals surface area (Å²) in [4.78, 5) is 0. The summed E-state index contributed by atoms with van der Waals surface area (Å²) in [7, 11) is 1.67. The number of hydrogen-bond acceptors (Lipinski definition) is 2. The second-order valence-corrected chi connectivity index (χ2v) is 5.37. The third-order valence-corrected chi connectivity index (χ3v) is 3.63. The molecule has 0 N–H and O–H groups in total. The lowest BCUT2D eigenvalue weighted by molar-refractivity contribution is -0.0583. The summed E-state index contributed by atoms with van der Waals surface area (Å²) in [5, 5.41) is 0.0859. The van der Waals surface area contributed by atoms with Crippen LogP contribution in [0, 0.1) is 3.57 Å². The molecule has 2 nitrogen and oxygen atoms in total. The minimum atomic E-state index is 0.0181. The highest BCUT2D eigenvalue weighted by molar-refractivity contribution is 14.1. The molecule has 1 fully saturated rings. The van der Waals surface area contributed by atoms with E-state index in [1.54, 1.807) is 7.11 Å². The first kappa shape index (κ1) is 11.5. The first-order valence-electron chi connectivity index (χ1n) is 4.80. The number of benzene rings is 1. The van der Waals surface area contributed by atoms with Crippen molar-refractivity contribution in [2.24, 2.45) is 0 Å². The molecule has 1 aromatic carbocycles. The maximum absolute atomic E-state index is 6.00. The highest BCUT2D eigenvalue weighted by atomic mass is 127. The molecule has 82 valence electrons. The first-order chi connectivity index (χ1) is 7.20. The third kappa shape index (κ3) is 2.57. The summed E-state index contributed by atoms with van der Waals surface area (Å²) < 4.78 is 12.2. The smallest absolute Gasteiger partial charge is 0.128 e. The van der Waals surface area contributed by atoms with Gasteiger partial charge in [0.25, 0.3) is 0 Å². The molecular formula is C11H12ClIO2. The van der Waals surface area contributed by atoms with Crippen LogP contribution in [0.2, 0.25) is 0 Å². The monoisotopic (exact) mass is 338 g/mol. The van der Waals surface area contributed by atoms with Crippen molar-refractivity contribution in [1.82, 2.24) is 0 Å². The Hall–Kier alpha value is -0.000000000000000111. The lowest BCUT2D eigenvalue weighted by Gasteiger charge is -2.39. The van der Waals surface area contributed by atoms with Crippen LogP contribution >= 0.6 is 34.2 Å². The van der Waals surface area contributed by atoms with Gasteiger partial charge in [-0.1, -0.05) is 6.07 Å². The van der Waals surface area contributed by atoms with Gasteiger partial charge in [0.05, 0.1) is 5.38 Å². The third-order valence-electron chi connectivity index (χ3n) is 2.54. The molecule has 0 amide bonds. The van der Waals surface area contributed by atoms with E-state index in [1.165, 1.54) is 3.57 Å². The van der Waals surface area contributed by atoms with Gasteiger partial charge in [-0.15, -0.1) is 11.6 Å². The van der Waals surface area contributed by atoms with Crippen molar-refractivity contribution in [1.29, 1.82) is 0 Å². The Morgan fingerprint density at radius 1 is 1.47 bits per heavy atom. The Kier molecular flexibility index (Phi) is 3.74. The van der Waals surface area contributed by atoms with Crippen LogP contribution in [0.4, 0.5) is 0 Å². The normalized spacial score (nSPS) is 29.7. The van der Waals surface area contributed by atoms with Gasteiger partial charge in [0.1, 0.15) is 18.0 Å². The van der Waals surface area contributed by atoms with Crippen LogP contribution in [-0.2, 0) is 4.74 Å². The predicted molar refractivity (Wildman–Crippen MR) is 68.6 cm³/mol. The Morgan fingerprint density at radius 3 is 2.87 bits per heavy atom. The van der Waals surface area contributed by atoms with Gasteiger partial charge in [0.15, 0.2) is 0 Å². The van der Waals surface area contributed by atoms with E-state index in [2.05, 4.69) is 22.6 Å². The number of hydrogen-bond donors (Lipinski definition) is 0. The Balaban J connectivity index is 1.98. The molecule has 1 aliphatic rings. The van der Waals surface area contributed by atoms with E-state index in [1.807, 2.05) is 24.3 Å². The van der Waals surface area contributed by atoms with Crippen molar-refractivity contribution in [2.75, 3.05) is 7.11 Å². The highest BCUT2D eigenvalue weighted by Gasteiger charge is 2.42. The van der Waals surface area contributed by atoms with Crippen LogP contribution in [0.15, 0.2) is 24.3 Å². The van der Waals surface area contributed by atoms with E-state index in [4.69, 9.17) is 21.1 Å². The minimum Gasteiger partial charge on any atom is -0.488 e. The number of rotatable bonds is 3. The molecule has 0 spiro atoms. The maximum Gasteiger partial charge on any atom is 0.128 e. The summed E-state index contributed by atoms with van der Waals surface area (Å²) in [6.45, 7) is 0. The summed E-state index contributed by atoms with van der Waals surface area (Å²) in [6.07, 6.45) is 0.964. The van der Waals surface area contributed by atoms with E-state index in [-0.39, 0.29) is 17.6 Å². The number of halogens is 2. The molecule has 0 bridgehead atoms. The quantitative estimate of drug-likeness (QED) is 0.623. The summed E-state index contributed by atoms with van der Waals surface area (Å²) in [5.41, 5.74) is 0. The van der Waals surface area contributed by atoms with Crippen molar-refractivity contribution >= 4 is 34.2 Å². The standard InChI is InChI=1S/C11H12ClIO2/c1-14-11-9(12)6-10(11)15-8-4-2-3-7(13)5-8/h2-5,9-11H,6H2,1H3. The van der Waals surface area contributed by atoms with E-state index >= 15 is 0 Å². The van der Waals surface area contributed by atoms with Crippen LogP contribution in [0.3, 0.4) is 0 Å². The zero-order valence-corrected chi connectivity index (χ0v) is 11.2. The van der Waals surface area contributed by atoms with Gasteiger partial charge in [-0.3, -0.25) is 0 Å². The Bertz CT molecular complexity index is 345. The SMILES string of the molecule is COC1C(Cl)CC1Oc1cccc(I)c1. The van der Waals surface area contributed by atoms with Crippen molar-refractivity contribution in [3.63, 3.8) is 0 Å². The lowest BCUT2D eigenvalue weighted by atomic mass is 9.91. The fourth-order valence-corrected chi connectivity index (χ4v) is 2.61. The zero-order chi connectivity index (χ0) is 10.8. The van der Waals surface area contributed by atoms with E-state index in [0.717, 1.165) is 12.2 Å². The van der Waals surface area contributed by atoms with E-state index in [9.17, 15) is 0 Å². The number of alkyl halides is 1. The van der Waals surface area contributed by atoms with Crippen LogP contribution in [0.1, 0.15) is 6.42 Å². The van der Waals surface area contributed by atoms with Gasteiger partial charge in [-0.05, 0) is 40.8 Å². The number of ether oxygens (including phenoxy) is 2. The molecule has 3 atom stereocenters. The second-order valence-electron chi connectivity index (χ2n) is 3.57. The Labute approximate surface area is 108 Å². The molecule has 0 aliphatic heterocycles. The summed E-state index contributed by atoms with van der Waals surface area (Å²) in [5.74, 6) is 0.887. The molecule has 0 radical (unpaired) electrons. The van der Waals surface area contributed by atoms with Crippen molar-refractivity contribution in [2.45, 2.75) is 24.0 Å². The molecule has 1 aliphatic carbocycles. The molecule has 0 aromatic heterocycles. The largest absolute Gasteiger partial charge is 0.488 e. The summed E-state index contributed by atoms with van der Waals surface area (Å²) in [6, 6.07) is 7.98. The predicted octanol–water partition coefficient (Wildman–Crippen LogP) is 3.06. The zero-order valence-electron chi connectivity index (χ0n) is 8.32. The van der Waals surface area contributed by atoms with Gasteiger partial charge in [-0.25, -0.2) is 0 Å². The number of methoxy groups -OCH3 is 1. The van der Waals surface area contributed by atoms with Crippen LogP contribution in [-0.4, -0.2) is 24.7 Å². The summed E-state index contributed by atoms with van der Waals surface area (Å²) >= 11 is 8.26. The van der Waals surface area contributed by atoms with Gasteiger partial charge in [-0.2, -0.15) is 0 Å². The van der Waals surface area contributed by atoms with Gasteiger partial charge in [0, 0.05) is 17.1 Å². The topological polar surface area (TPSA) is 18.5 Å². The van der Waals surface area contributed by atoms with Gasteiger partial charge >= 0.3 is 0 Å². The van der Waals surface area contributed by atoms with E-state index < -0.39 is 0 Å². The van der Waals surface area contributed by atoms with E-state index in [0.29, 0.717) is 0 Å².